The largest absolute Gasteiger partial charge is 0.443 e. The monoisotopic (exact) mass is 153 g/mol. The maximum Gasteiger partial charge on any atom is 0.196 e. The first-order chi connectivity index (χ1) is 4.86. The number of nitrogens with zero attached hydrogens (tertiary/aromatic N) is 1. The Labute approximate surface area is 62.4 Å². The van der Waals surface area contributed by atoms with E-state index in [0.717, 1.165) is 11.1 Å². The van der Waals surface area contributed by atoms with E-state index in [2.05, 4.69) is 4.98 Å². The van der Waals surface area contributed by atoms with E-state index in [0.29, 0.717) is 5.22 Å². The SMILES string of the molecule is Clc1cc2ncccc2o1. The zero-order valence-electron chi connectivity index (χ0n) is 5.04. The van der Waals surface area contributed by atoms with Crippen molar-refractivity contribution in [2.24, 2.45) is 0 Å². The number of halogens is 1. The van der Waals surface area contributed by atoms with Gasteiger partial charge in [-0.05, 0) is 23.7 Å². The van der Waals surface area contributed by atoms with Gasteiger partial charge in [0.1, 0.15) is 5.52 Å². The van der Waals surface area contributed by atoms with Crippen molar-refractivity contribution in [2.45, 2.75) is 0 Å². The molecule has 2 nitrogen and oxygen atoms in total. The lowest BCUT2D eigenvalue weighted by molar-refractivity contribution is 0.617. The molecule has 2 rings (SSSR count). The van der Waals surface area contributed by atoms with E-state index in [-0.39, 0.29) is 0 Å². The van der Waals surface area contributed by atoms with Crippen molar-refractivity contribution >= 4 is 22.7 Å². The molecule has 0 aliphatic carbocycles. The molecule has 2 heterocycles. The first-order valence-corrected chi connectivity index (χ1v) is 3.24. The van der Waals surface area contributed by atoms with Crippen molar-refractivity contribution in [1.29, 1.82) is 0 Å². The fourth-order valence-corrected chi connectivity index (χ4v) is 1.03. The number of fused-ring (bicyclic) bond motifs is 1. The summed E-state index contributed by atoms with van der Waals surface area (Å²) in [5.74, 6) is 0. The second-order valence-electron chi connectivity index (χ2n) is 1.94. The minimum absolute atomic E-state index is 0.383. The summed E-state index contributed by atoms with van der Waals surface area (Å²) < 4.78 is 5.07. The quantitative estimate of drug-likeness (QED) is 0.581. The van der Waals surface area contributed by atoms with Crippen molar-refractivity contribution in [3.63, 3.8) is 0 Å². The summed E-state index contributed by atoms with van der Waals surface area (Å²) in [5.41, 5.74) is 1.53. The zero-order valence-corrected chi connectivity index (χ0v) is 5.80. The average molecular weight is 154 g/mol. The highest BCUT2D eigenvalue weighted by atomic mass is 35.5. The van der Waals surface area contributed by atoms with Gasteiger partial charge >= 0.3 is 0 Å². The highest BCUT2D eigenvalue weighted by Crippen LogP contribution is 2.19. The Morgan fingerprint density at radius 2 is 2.40 bits per heavy atom. The maximum absolute atomic E-state index is 5.58. The average Bonchev–Trinajstić information content (AvgIpc) is 2.27. The molecule has 0 saturated carbocycles. The number of rotatable bonds is 0. The summed E-state index contributed by atoms with van der Waals surface area (Å²) in [6.07, 6.45) is 1.70. The molecule has 3 heteroatoms. The summed E-state index contributed by atoms with van der Waals surface area (Å²) in [7, 11) is 0. The lowest BCUT2D eigenvalue weighted by Crippen LogP contribution is -1.66. The predicted molar refractivity (Wildman–Crippen MR) is 39.0 cm³/mol. The summed E-state index contributed by atoms with van der Waals surface area (Å²) >= 11 is 5.58. The van der Waals surface area contributed by atoms with Gasteiger partial charge in [-0.15, -0.1) is 0 Å². The lowest BCUT2D eigenvalue weighted by atomic mass is 10.4. The Morgan fingerprint density at radius 3 is 3.20 bits per heavy atom. The van der Waals surface area contributed by atoms with Crippen LogP contribution in [0.4, 0.5) is 0 Å². The van der Waals surface area contributed by atoms with E-state index in [9.17, 15) is 0 Å². The molecule has 0 amide bonds. The standard InChI is InChI=1S/C7H4ClNO/c8-7-4-5-6(10-7)2-1-3-9-5/h1-4H. The number of hydrogen-bond donors (Lipinski definition) is 0. The number of hydrogen-bond acceptors (Lipinski definition) is 2. The molecule has 10 heavy (non-hydrogen) atoms. The van der Waals surface area contributed by atoms with Crippen LogP contribution in [0.25, 0.3) is 11.1 Å². The summed E-state index contributed by atoms with van der Waals surface area (Å²) in [6, 6.07) is 5.33. The number of aromatic nitrogens is 1. The zero-order chi connectivity index (χ0) is 6.97. The van der Waals surface area contributed by atoms with Gasteiger partial charge in [0.15, 0.2) is 10.8 Å². The first kappa shape index (κ1) is 5.74. The van der Waals surface area contributed by atoms with Gasteiger partial charge in [0.25, 0.3) is 0 Å². The molecule has 0 aliphatic heterocycles. The molecule has 0 saturated heterocycles. The van der Waals surface area contributed by atoms with Gasteiger partial charge in [-0.3, -0.25) is 4.98 Å². The number of furan rings is 1. The normalized spacial score (nSPS) is 10.5. The first-order valence-electron chi connectivity index (χ1n) is 2.86. The van der Waals surface area contributed by atoms with Gasteiger partial charge in [0, 0.05) is 12.3 Å². The van der Waals surface area contributed by atoms with Crippen LogP contribution in [0, 0.1) is 0 Å². The second-order valence-corrected chi connectivity index (χ2v) is 2.31. The fourth-order valence-electron chi connectivity index (χ4n) is 0.839. The Hall–Kier alpha value is -1.02. The van der Waals surface area contributed by atoms with Gasteiger partial charge in [0.2, 0.25) is 0 Å². The van der Waals surface area contributed by atoms with E-state index in [4.69, 9.17) is 16.0 Å². The van der Waals surface area contributed by atoms with Gasteiger partial charge in [0.05, 0.1) is 0 Å². The third-order valence-corrected chi connectivity index (χ3v) is 1.44. The van der Waals surface area contributed by atoms with E-state index < -0.39 is 0 Å². The van der Waals surface area contributed by atoms with Crippen LogP contribution in [0.5, 0.6) is 0 Å². The second kappa shape index (κ2) is 1.99. The van der Waals surface area contributed by atoms with Crippen LogP contribution in [-0.4, -0.2) is 4.98 Å². The van der Waals surface area contributed by atoms with Crippen molar-refractivity contribution < 1.29 is 4.42 Å². The summed E-state index contributed by atoms with van der Waals surface area (Å²) in [6.45, 7) is 0. The van der Waals surface area contributed by atoms with Crippen LogP contribution < -0.4 is 0 Å². The molecule has 0 radical (unpaired) electrons. The number of pyridine rings is 1. The fraction of sp³-hybridized carbons (Fsp3) is 0. The van der Waals surface area contributed by atoms with E-state index in [1.165, 1.54) is 0 Å². The minimum atomic E-state index is 0.383. The van der Waals surface area contributed by atoms with Gasteiger partial charge in [-0.2, -0.15) is 0 Å². The molecule has 0 aliphatic rings. The molecule has 0 atom stereocenters. The van der Waals surface area contributed by atoms with Crippen molar-refractivity contribution in [3.8, 4) is 0 Å². The Kier molecular flexibility index (Phi) is 1.14. The van der Waals surface area contributed by atoms with Crippen LogP contribution >= 0.6 is 11.6 Å². The van der Waals surface area contributed by atoms with Crippen LogP contribution in [0.1, 0.15) is 0 Å². The topological polar surface area (TPSA) is 26.0 Å². The highest BCUT2D eigenvalue weighted by molar-refractivity contribution is 6.29. The van der Waals surface area contributed by atoms with Crippen LogP contribution in [-0.2, 0) is 0 Å². The molecule has 2 aromatic rings. The Morgan fingerprint density at radius 1 is 1.50 bits per heavy atom. The molecule has 2 aromatic heterocycles. The maximum atomic E-state index is 5.58. The lowest BCUT2D eigenvalue weighted by Gasteiger charge is -1.80. The predicted octanol–water partition coefficient (Wildman–Crippen LogP) is 2.48. The van der Waals surface area contributed by atoms with Crippen LogP contribution in [0.15, 0.2) is 28.8 Å². The van der Waals surface area contributed by atoms with Gasteiger partial charge < -0.3 is 4.42 Å². The minimum Gasteiger partial charge on any atom is -0.443 e. The molecule has 0 aromatic carbocycles. The van der Waals surface area contributed by atoms with Crippen molar-refractivity contribution in [2.75, 3.05) is 0 Å². The third kappa shape index (κ3) is 0.772. The van der Waals surface area contributed by atoms with Crippen molar-refractivity contribution in [1.82, 2.24) is 4.98 Å². The molecule has 0 spiro atoms. The Bertz CT molecular complexity index is 322. The summed E-state index contributed by atoms with van der Waals surface area (Å²) in [4.78, 5) is 4.02. The highest BCUT2D eigenvalue weighted by Gasteiger charge is 1.98. The molecule has 0 bridgehead atoms. The van der Waals surface area contributed by atoms with E-state index in [1.54, 1.807) is 12.3 Å². The molecular weight excluding hydrogens is 150 g/mol. The molecule has 0 unspecified atom stereocenters. The van der Waals surface area contributed by atoms with E-state index in [1.807, 2.05) is 12.1 Å². The van der Waals surface area contributed by atoms with E-state index >= 15 is 0 Å². The molecule has 0 fully saturated rings. The van der Waals surface area contributed by atoms with Crippen molar-refractivity contribution in [3.05, 3.63) is 29.6 Å². The molecular formula is C7H4ClNO. The van der Waals surface area contributed by atoms with Gasteiger partial charge in [-0.25, -0.2) is 0 Å². The molecule has 0 N–H and O–H groups in total. The van der Waals surface area contributed by atoms with Gasteiger partial charge in [-0.1, -0.05) is 0 Å². The van der Waals surface area contributed by atoms with Crippen LogP contribution in [0.3, 0.4) is 0 Å². The smallest absolute Gasteiger partial charge is 0.196 e. The summed E-state index contributed by atoms with van der Waals surface area (Å²) in [5, 5.41) is 0.383. The Balaban J connectivity index is 2.88. The third-order valence-electron chi connectivity index (χ3n) is 1.26. The molecule has 50 valence electrons. The van der Waals surface area contributed by atoms with Crippen LogP contribution in [0.2, 0.25) is 5.22 Å².